The van der Waals surface area contributed by atoms with Crippen molar-refractivity contribution in [2.45, 2.75) is 45.8 Å². The van der Waals surface area contributed by atoms with Crippen molar-refractivity contribution in [1.29, 1.82) is 5.26 Å². The maximum Gasteiger partial charge on any atom is 0.219 e. The van der Waals surface area contributed by atoms with Gasteiger partial charge in [-0.25, -0.2) is 13.1 Å². The van der Waals surface area contributed by atoms with Gasteiger partial charge in [-0.3, -0.25) is 4.79 Å². The summed E-state index contributed by atoms with van der Waals surface area (Å²) in [6, 6.07) is 12.9. The van der Waals surface area contributed by atoms with Gasteiger partial charge in [0.05, 0.1) is 11.7 Å². The third kappa shape index (κ3) is 5.17. The molecule has 2 aromatic carbocycles. The molecule has 0 bridgehead atoms. The predicted octanol–water partition coefficient (Wildman–Crippen LogP) is 4.03. The molecular weight excluding hydrogens is 472 g/mol. The second-order valence-corrected chi connectivity index (χ2v) is 11.2. The largest absolute Gasteiger partial charge is 0.490 e. The standard InChI is InChI=1S/C24H24N4O4S2/c1-14(2)32-22-10-7-16(11-17(22)12-25)23-26-27-24(33-23)20-6-4-5-19-18(20)8-9-21(19)28-34(30,31)13-15(3)29/h4-7,10-11,14,21,28H,8-9,13H2,1-3H3/t21-/m1/s1. The number of hydrogen-bond acceptors (Lipinski definition) is 8. The van der Waals surface area contributed by atoms with Crippen molar-refractivity contribution in [2.75, 3.05) is 5.75 Å². The minimum Gasteiger partial charge on any atom is -0.490 e. The van der Waals surface area contributed by atoms with Crippen LogP contribution in [-0.2, 0) is 21.2 Å². The summed E-state index contributed by atoms with van der Waals surface area (Å²) in [7, 11) is -3.70. The number of nitrogens with zero attached hydrogens (tertiary/aromatic N) is 3. The lowest BCUT2D eigenvalue weighted by molar-refractivity contribution is -0.114. The van der Waals surface area contributed by atoms with E-state index in [0.717, 1.165) is 27.3 Å². The van der Waals surface area contributed by atoms with E-state index in [9.17, 15) is 18.5 Å². The number of fused-ring (bicyclic) bond motifs is 1. The van der Waals surface area contributed by atoms with E-state index >= 15 is 0 Å². The Morgan fingerprint density at radius 2 is 2.03 bits per heavy atom. The van der Waals surface area contributed by atoms with E-state index in [1.807, 2.05) is 38.1 Å². The number of nitrogens with one attached hydrogen (secondary N) is 1. The van der Waals surface area contributed by atoms with Crippen LogP contribution in [0.4, 0.5) is 0 Å². The first-order valence-electron chi connectivity index (χ1n) is 10.8. The summed E-state index contributed by atoms with van der Waals surface area (Å²) < 4.78 is 32.9. The van der Waals surface area contributed by atoms with Crippen molar-refractivity contribution in [2.24, 2.45) is 0 Å². The quantitative estimate of drug-likeness (QED) is 0.500. The number of sulfonamides is 1. The van der Waals surface area contributed by atoms with Gasteiger partial charge < -0.3 is 4.74 Å². The number of benzene rings is 2. The van der Waals surface area contributed by atoms with Gasteiger partial charge in [0.15, 0.2) is 0 Å². The first kappa shape index (κ1) is 24.0. The molecule has 8 nitrogen and oxygen atoms in total. The lowest BCUT2D eigenvalue weighted by atomic mass is 10.0. The van der Waals surface area contributed by atoms with Gasteiger partial charge in [-0.2, -0.15) is 5.26 Å². The molecule has 3 aromatic rings. The van der Waals surface area contributed by atoms with Crippen LogP contribution in [0.25, 0.3) is 21.1 Å². The van der Waals surface area contributed by atoms with Crippen molar-refractivity contribution >= 4 is 27.1 Å². The number of carbonyl (C=O) groups excluding carboxylic acids is 1. The van der Waals surface area contributed by atoms with Crippen LogP contribution in [0.3, 0.4) is 0 Å². The Morgan fingerprint density at radius 3 is 2.74 bits per heavy atom. The SMILES string of the molecule is CC(=O)CS(=O)(=O)N[C@@H]1CCc2c(-c3nnc(-c4ccc(OC(C)C)c(C#N)c4)s3)cccc21. The molecule has 34 heavy (non-hydrogen) atoms. The number of hydrogen-bond donors (Lipinski definition) is 1. The molecule has 0 saturated heterocycles. The number of aromatic nitrogens is 2. The van der Waals surface area contributed by atoms with Crippen molar-refractivity contribution in [1.82, 2.24) is 14.9 Å². The Balaban J connectivity index is 1.62. The highest BCUT2D eigenvalue weighted by Crippen LogP contribution is 2.40. The van der Waals surface area contributed by atoms with Gasteiger partial charge in [0.25, 0.3) is 0 Å². The molecule has 1 heterocycles. The normalized spacial score (nSPS) is 15.2. The lowest BCUT2D eigenvalue weighted by Crippen LogP contribution is -2.31. The summed E-state index contributed by atoms with van der Waals surface area (Å²) >= 11 is 1.41. The number of ketones is 1. The van der Waals surface area contributed by atoms with Crippen LogP contribution in [0.5, 0.6) is 5.75 Å². The Labute approximate surface area is 202 Å². The van der Waals surface area contributed by atoms with Crippen LogP contribution in [0, 0.1) is 11.3 Å². The van der Waals surface area contributed by atoms with E-state index in [4.69, 9.17) is 4.74 Å². The topological polar surface area (TPSA) is 122 Å². The number of rotatable bonds is 8. The van der Waals surface area contributed by atoms with Gasteiger partial charge >= 0.3 is 0 Å². The van der Waals surface area contributed by atoms with Crippen molar-refractivity contribution in [3.05, 3.63) is 53.1 Å². The minimum atomic E-state index is -3.70. The van der Waals surface area contributed by atoms with Crippen LogP contribution in [0.15, 0.2) is 36.4 Å². The van der Waals surface area contributed by atoms with E-state index in [-0.39, 0.29) is 12.1 Å². The molecule has 1 N–H and O–H groups in total. The van der Waals surface area contributed by atoms with Crippen LogP contribution in [-0.4, -0.2) is 36.3 Å². The summed E-state index contributed by atoms with van der Waals surface area (Å²) in [5.41, 5.74) is 4.04. The van der Waals surface area contributed by atoms with E-state index in [0.29, 0.717) is 29.2 Å². The average Bonchev–Trinajstić information content (AvgIpc) is 3.40. The van der Waals surface area contributed by atoms with E-state index in [1.165, 1.54) is 18.3 Å². The highest BCUT2D eigenvalue weighted by Gasteiger charge is 2.29. The fourth-order valence-electron chi connectivity index (χ4n) is 4.06. The smallest absolute Gasteiger partial charge is 0.219 e. The second-order valence-electron chi connectivity index (χ2n) is 8.45. The second kappa shape index (κ2) is 9.62. The third-order valence-electron chi connectivity index (χ3n) is 5.35. The van der Waals surface area contributed by atoms with Crippen molar-refractivity contribution in [3.8, 4) is 33.0 Å². The van der Waals surface area contributed by atoms with Crippen molar-refractivity contribution in [3.63, 3.8) is 0 Å². The highest BCUT2D eigenvalue weighted by atomic mass is 32.2. The molecule has 0 aliphatic heterocycles. The third-order valence-corrected chi connectivity index (χ3v) is 7.79. The van der Waals surface area contributed by atoms with E-state index in [1.54, 1.807) is 12.1 Å². The molecule has 1 aliphatic rings. The molecule has 0 radical (unpaired) electrons. The van der Waals surface area contributed by atoms with Gasteiger partial charge in [-0.1, -0.05) is 29.5 Å². The average molecular weight is 497 g/mol. The lowest BCUT2D eigenvalue weighted by Gasteiger charge is -2.14. The van der Waals surface area contributed by atoms with E-state index < -0.39 is 21.6 Å². The monoisotopic (exact) mass is 496 g/mol. The van der Waals surface area contributed by atoms with Gasteiger partial charge in [-0.15, -0.1) is 10.2 Å². The molecule has 0 unspecified atom stereocenters. The molecule has 1 atom stereocenters. The Kier molecular flexibility index (Phi) is 6.79. The van der Waals surface area contributed by atoms with Crippen LogP contribution >= 0.6 is 11.3 Å². The molecule has 176 valence electrons. The van der Waals surface area contributed by atoms with Crippen LogP contribution in [0.1, 0.15) is 49.9 Å². The fraction of sp³-hybridized carbons (Fsp3) is 0.333. The van der Waals surface area contributed by atoms with Gasteiger partial charge in [0, 0.05) is 17.2 Å². The highest BCUT2D eigenvalue weighted by molar-refractivity contribution is 7.90. The van der Waals surface area contributed by atoms with Gasteiger partial charge in [0.1, 0.15) is 33.4 Å². The number of carbonyl (C=O) groups is 1. The Hall–Kier alpha value is -3.13. The minimum absolute atomic E-state index is 0.0398. The van der Waals surface area contributed by atoms with Gasteiger partial charge in [0.2, 0.25) is 10.0 Å². The molecule has 0 fully saturated rings. The molecule has 1 aromatic heterocycles. The Morgan fingerprint density at radius 1 is 1.26 bits per heavy atom. The summed E-state index contributed by atoms with van der Waals surface area (Å²) in [5, 5.41) is 19.6. The molecule has 0 saturated carbocycles. The summed E-state index contributed by atoms with van der Waals surface area (Å²) in [6.45, 7) is 5.07. The molecule has 0 spiro atoms. The summed E-state index contributed by atoms with van der Waals surface area (Å²) in [5.74, 6) is -0.390. The summed E-state index contributed by atoms with van der Waals surface area (Å²) in [6.07, 6.45) is 1.26. The molecule has 10 heteroatoms. The number of Topliss-reactive ketones (excluding diaryl/α,β-unsaturated/α-hetero) is 1. The van der Waals surface area contributed by atoms with E-state index in [2.05, 4.69) is 21.0 Å². The molecule has 1 aliphatic carbocycles. The summed E-state index contributed by atoms with van der Waals surface area (Å²) in [4.78, 5) is 11.3. The molecular formula is C24H24N4O4S2. The molecule has 0 amide bonds. The maximum absolute atomic E-state index is 12.3. The zero-order chi connectivity index (χ0) is 24.5. The first-order valence-corrected chi connectivity index (χ1v) is 13.3. The predicted molar refractivity (Wildman–Crippen MR) is 130 cm³/mol. The zero-order valence-corrected chi connectivity index (χ0v) is 20.7. The van der Waals surface area contributed by atoms with Gasteiger partial charge in [-0.05, 0) is 62.9 Å². The number of ether oxygens (including phenoxy) is 1. The first-order chi connectivity index (χ1) is 16.2. The maximum atomic E-state index is 12.3. The van der Waals surface area contributed by atoms with Crippen LogP contribution in [0.2, 0.25) is 0 Å². The van der Waals surface area contributed by atoms with Crippen molar-refractivity contribution < 1.29 is 17.9 Å². The fourth-order valence-corrected chi connectivity index (χ4v) is 6.25. The van der Waals surface area contributed by atoms with Crippen LogP contribution < -0.4 is 9.46 Å². The Bertz CT molecular complexity index is 1390. The number of nitriles is 1. The molecule has 4 rings (SSSR count). The zero-order valence-electron chi connectivity index (χ0n) is 19.0.